The molecule has 0 radical (unpaired) electrons. The summed E-state index contributed by atoms with van der Waals surface area (Å²) in [5, 5.41) is 9.86. The first-order chi connectivity index (χ1) is 7.06. The SMILES string of the molecule is C[C@](O)(CBr)C(=O)/C=C/c1ccccc1. The highest BCUT2D eigenvalue weighted by Crippen LogP contribution is 2.11. The Bertz CT molecular complexity index is 355. The summed E-state index contributed by atoms with van der Waals surface area (Å²) in [7, 11) is 0. The Morgan fingerprint density at radius 1 is 1.47 bits per heavy atom. The average Bonchev–Trinajstić information content (AvgIpc) is 2.27. The molecule has 0 aliphatic heterocycles. The number of halogens is 1. The first kappa shape index (κ1) is 12.1. The topological polar surface area (TPSA) is 37.3 Å². The molecule has 2 nitrogen and oxygen atoms in total. The van der Waals surface area contributed by atoms with Gasteiger partial charge in [-0.1, -0.05) is 52.3 Å². The zero-order chi connectivity index (χ0) is 11.3. The Hall–Kier alpha value is -0.930. The van der Waals surface area contributed by atoms with Gasteiger partial charge in [-0.15, -0.1) is 0 Å². The van der Waals surface area contributed by atoms with Crippen molar-refractivity contribution in [1.82, 2.24) is 0 Å². The van der Waals surface area contributed by atoms with Crippen molar-refractivity contribution in [3.63, 3.8) is 0 Å². The number of ketones is 1. The number of benzene rings is 1. The van der Waals surface area contributed by atoms with Gasteiger partial charge in [-0.25, -0.2) is 0 Å². The zero-order valence-corrected chi connectivity index (χ0v) is 10.1. The van der Waals surface area contributed by atoms with Gasteiger partial charge in [0.05, 0.1) is 0 Å². The van der Waals surface area contributed by atoms with Gasteiger partial charge in [0.2, 0.25) is 0 Å². The van der Waals surface area contributed by atoms with E-state index in [4.69, 9.17) is 0 Å². The number of rotatable bonds is 4. The molecule has 0 aromatic heterocycles. The van der Waals surface area contributed by atoms with Crippen LogP contribution < -0.4 is 0 Å². The molecule has 80 valence electrons. The van der Waals surface area contributed by atoms with E-state index in [1.165, 1.54) is 13.0 Å². The predicted octanol–water partition coefficient (Wildman–Crippen LogP) is 2.41. The fourth-order valence-corrected chi connectivity index (χ4v) is 1.26. The smallest absolute Gasteiger partial charge is 0.187 e. The summed E-state index contributed by atoms with van der Waals surface area (Å²) in [6.45, 7) is 1.49. The molecule has 0 spiro atoms. The van der Waals surface area contributed by atoms with Gasteiger partial charge in [0, 0.05) is 5.33 Å². The number of alkyl halides is 1. The van der Waals surface area contributed by atoms with Crippen LogP contribution in [-0.4, -0.2) is 21.8 Å². The molecular formula is C12H13BrO2. The lowest BCUT2D eigenvalue weighted by Crippen LogP contribution is -2.35. The van der Waals surface area contributed by atoms with E-state index >= 15 is 0 Å². The summed E-state index contributed by atoms with van der Waals surface area (Å²) in [4.78, 5) is 11.5. The molecule has 0 bridgehead atoms. The van der Waals surface area contributed by atoms with E-state index < -0.39 is 5.60 Å². The molecule has 0 saturated carbocycles. The first-order valence-electron chi connectivity index (χ1n) is 4.62. The van der Waals surface area contributed by atoms with Gasteiger partial charge in [0.25, 0.3) is 0 Å². The largest absolute Gasteiger partial charge is 0.381 e. The monoisotopic (exact) mass is 268 g/mol. The lowest BCUT2D eigenvalue weighted by Gasteiger charge is -2.15. The molecule has 0 unspecified atom stereocenters. The maximum Gasteiger partial charge on any atom is 0.187 e. The van der Waals surface area contributed by atoms with E-state index in [9.17, 15) is 9.90 Å². The van der Waals surface area contributed by atoms with E-state index in [2.05, 4.69) is 15.9 Å². The van der Waals surface area contributed by atoms with E-state index in [0.29, 0.717) is 0 Å². The van der Waals surface area contributed by atoms with E-state index in [-0.39, 0.29) is 11.1 Å². The highest BCUT2D eigenvalue weighted by molar-refractivity contribution is 9.09. The summed E-state index contributed by atoms with van der Waals surface area (Å²) in [6.07, 6.45) is 3.09. The van der Waals surface area contributed by atoms with Gasteiger partial charge in [-0.3, -0.25) is 4.79 Å². The highest BCUT2D eigenvalue weighted by atomic mass is 79.9. The number of carbonyl (C=O) groups is 1. The average molecular weight is 269 g/mol. The van der Waals surface area contributed by atoms with Crippen LogP contribution in [0.5, 0.6) is 0 Å². The molecular weight excluding hydrogens is 256 g/mol. The third-order valence-electron chi connectivity index (χ3n) is 2.02. The van der Waals surface area contributed by atoms with Crippen molar-refractivity contribution in [2.45, 2.75) is 12.5 Å². The second-order valence-electron chi connectivity index (χ2n) is 3.52. The van der Waals surface area contributed by atoms with Gasteiger partial charge < -0.3 is 5.11 Å². The van der Waals surface area contributed by atoms with Crippen LogP contribution in [0.25, 0.3) is 6.08 Å². The second kappa shape index (κ2) is 5.24. The standard InChI is InChI=1S/C12H13BrO2/c1-12(15,9-13)11(14)8-7-10-5-3-2-4-6-10/h2-8,15H,9H2,1H3/b8-7+/t12-/m0/s1. The van der Waals surface area contributed by atoms with Crippen LogP contribution in [0, 0.1) is 0 Å². The van der Waals surface area contributed by atoms with Crippen molar-refractivity contribution < 1.29 is 9.90 Å². The minimum absolute atomic E-state index is 0.234. The van der Waals surface area contributed by atoms with E-state index in [1.807, 2.05) is 30.3 Å². The fourth-order valence-electron chi connectivity index (χ4n) is 0.981. The van der Waals surface area contributed by atoms with E-state index in [0.717, 1.165) is 5.56 Å². The van der Waals surface area contributed by atoms with Crippen molar-refractivity contribution in [2.75, 3.05) is 5.33 Å². The van der Waals surface area contributed by atoms with Gasteiger partial charge in [0.1, 0.15) is 5.60 Å². The lowest BCUT2D eigenvalue weighted by atomic mass is 10.0. The minimum atomic E-state index is -1.33. The van der Waals surface area contributed by atoms with Crippen molar-refractivity contribution in [3.8, 4) is 0 Å². The first-order valence-corrected chi connectivity index (χ1v) is 5.74. The predicted molar refractivity (Wildman–Crippen MR) is 64.9 cm³/mol. The third-order valence-corrected chi connectivity index (χ3v) is 3.11. The summed E-state index contributed by atoms with van der Waals surface area (Å²) in [5.41, 5.74) is -0.387. The Kier molecular flexibility index (Phi) is 4.24. The van der Waals surface area contributed by atoms with Crippen LogP contribution in [0.3, 0.4) is 0 Å². The second-order valence-corrected chi connectivity index (χ2v) is 4.08. The number of carbonyl (C=O) groups excluding carboxylic acids is 1. The lowest BCUT2D eigenvalue weighted by molar-refractivity contribution is -0.128. The van der Waals surface area contributed by atoms with Gasteiger partial charge in [-0.05, 0) is 18.6 Å². The van der Waals surface area contributed by atoms with Crippen LogP contribution in [0.15, 0.2) is 36.4 Å². The number of aliphatic hydroxyl groups is 1. The summed E-state index contributed by atoms with van der Waals surface area (Å²) >= 11 is 3.09. The zero-order valence-electron chi connectivity index (χ0n) is 8.48. The molecule has 15 heavy (non-hydrogen) atoms. The Morgan fingerprint density at radius 3 is 2.60 bits per heavy atom. The molecule has 0 heterocycles. The summed E-state index contributed by atoms with van der Waals surface area (Å²) < 4.78 is 0. The van der Waals surface area contributed by atoms with Gasteiger partial charge in [-0.2, -0.15) is 0 Å². The van der Waals surface area contributed by atoms with Crippen LogP contribution in [0.2, 0.25) is 0 Å². The maximum absolute atomic E-state index is 11.5. The molecule has 0 saturated heterocycles. The molecule has 1 rings (SSSR count). The van der Waals surface area contributed by atoms with Gasteiger partial charge >= 0.3 is 0 Å². The molecule has 1 aromatic rings. The quantitative estimate of drug-likeness (QED) is 0.673. The van der Waals surface area contributed by atoms with Crippen LogP contribution in [0.1, 0.15) is 12.5 Å². The Balaban J connectivity index is 2.71. The Labute approximate surface area is 97.8 Å². The van der Waals surface area contributed by atoms with Crippen molar-refractivity contribution in [2.24, 2.45) is 0 Å². The Morgan fingerprint density at radius 2 is 2.07 bits per heavy atom. The fraction of sp³-hybridized carbons (Fsp3) is 0.250. The highest BCUT2D eigenvalue weighted by Gasteiger charge is 2.25. The molecule has 3 heteroatoms. The molecule has 0 fully saturated rings. The molecule has 1 N–H and O–H groups in total. The molecule has 0 aliphatic rings. The third kappa shape index (κ3) is 3.61. The van der Waals surface area contributed by atoms with Crippen molar-refractivity contribution in [3.05, 3.63) is 42.0 Å². The maximum atomic E-state index is 11.5. The molecule has 0 aliphatic carbocycles. The van der Waals surface area contributed by atoms with Crippen molar-refractivity contribution in [1.29, 1.82) is 0 Å². The minimum Gasteiger partial charge on any atom is -0.381 e. The van der Waals surface area contributed by atoms with Crippen LogP contribution >= 0.6 is 15.9 Å². The summed E-state index contributed by atoms with van der Waals surface area (Å²) in [6, 6.07) is 9.49. The van der Waals surface area contributed by atoms with Crippen LogP contribution in [0.4, 0.5) is 0 Å². The van der Waals surface area contributed by atoms with Crippen LogP contribution in [-0.2, 0) is 4.79 Å². The number of hydrogen-bond acceptors (Lipinski definition) is 2. The van der Waals surface area contributed by atoms with Gasteiger partial charge in [0.15, 0.2) is 5.78 Å². The molecule has 1 atom stereocenters. The number of hydrogen-bond donors (Lipinski definition) is 1. The van der Waals surface area contributed by atoms with E-state index in [1.54, 1.807) is 6.08 Å². The molecule has 0 amide bonds. The normalized spacial score (nSPS) is 15.1. The molecule has 1 aromatic carbocycles. The van der Waals surface area contributed by atoms with Crippen molar-refractivity contribution >= 4 is 27.8 Å². The summed E-state index contributed by atoms with van der Waals surface area (Å²) in [5.74, 6) is -0.303.